The van der Waals surface area contributed by atoms with Crippen LogP contribution in [0.15, 0.2) is 17.5 Å². The minimum Gasteiger partial charge on any atom is -0.344 e. The average Bonchev–Trinajstić information content (AvgIpc) is 2.67. The lowest BCUT2D eigenvalue weighted by Crippen LogP contribution is -2.26. The topological polar surface area (TPSA) is 42.1 Å². The van der Waals surface area contributed by atoms with Crippen LogP contribution < -0.4 is 10.6 Å². The van der Waals surface area contributed by atoms with Crippen LogP contribution in [-0.4, -0.2) is 18.1 Å². The van der Waals surface area contributed by atoms with Gasteiger partial charge < -0.3 is 10.6 Å². The van der Waals surface area contributed by atoms with Gasteiger partial charge in [-0.3, -0.25) is 0 Å². The molecule has 0 atom stereocenters. The van der Waals surface area contributed by atoms with E-state index in [1.807, 2.05) is 5.38 Å². The van der Waals surface area contributed by atoms with Crippen molar-refractivity contribution >= 4 is 16.5 Å². The van der Waals surface area contributed by atoms with Crippen molar-refractivity contribution in [2.24, 2.45) is 5.73 Å². The van der Waals surface area contributed by atoms with Crippen LogP contribution in [0.3, 0.4) is 0 Å². The average molecular weight is 195 g/mol. The highest BCUT2D eigenvalue weighted by molar-refractivity contribution is 7.13. The van der Waals surface area contributed by atoms with E-state index < -0.39 is 0 Å². The van der Waals surface area contributed by atoms with Crippen molar-refractivity contribution in [3.8, 4) is 0 Å². The maximum absolute atomic E-state index is 5.50. The summed E-state index contributed by atoms with van der Waals surface area (Å²) in [4.78, 5) is 6.72. The zero-order valence-corrected chi connectivity index (χ0v) is 8.26. The number of thiazole rings is 1. The summed E-state index contributed by atoms with van der Waals surface area (Å²) in [6.07, 6.45) is 5.53. The van der Waals surface area contributed by atoms with Gasteiger partial charge in [0, 0.05) is 25.0 Å². The first kappa shape index (κ1) is 8.72. The third-order valence-corrected chi connectivity index (χ3v) is 3.03. The second kappa shape index (κ2) is 3.89. The molecule has 1 aliphatic heterocycles. The molecule has 0 aromatic carbocycles. The Labute approximate surface area is 81.9 Å². The van der Waals surface area contributed by atoms with Gasteiger partial charge in [-0.05, 0) is 6.42 Å². The molecule has 0 radical (unpaired) electrons. The molecule has 0 spiro atoms. The number of anilines is 1. The quantitative estimate of drug-likeness (QED) is 0.725. The Morgan fingerprint density at radius 1 is 1.54 bits per heavy atom. The Morgan fingerprint density at radius 3 is 3.08 bits per heavy atom. The predicted octanol–water partition coefficient (Wildman–Crippen LogP) is 1.37. The van der Waals surface area contributed by atoms with Crippen molar-refractivity contribution in [3.05, 3.63) is 23.2 Å². The van der Waals surface area contributed by atoms with Crippen molar-refractivity contribution in [1.29, 1.82) is 0 Å². The van der Waals surface area contributed by atoms with Gasteiger partial charge in [0.1, 0.15) is 0 Å². The zero-order valence-electron chi connectivity index (χ0n) is 7.44. The Kier molecular flexibility index (Phi) is 2.61. The summed E-state index contributed by atoms with van der Waals surface area (Å²) in [5.74, 6) is 0. The van der Waals surface area contributed by atoms with Crippen LogP contribution >= 0.6 is 11.3 Å². The zero-order chi connectivity index (χ0) is 9.10. The Hall–Kier alpha value is -0.870. The fraction of sp³-hybridized carbons (Fsp3) is 0.444. The van der Waals surface area contributed by atoms with Gasteiger partial charge in [0.05, 0.1) is 5.69 Å². The SMILES string of the molecule is NCc1csc(N2CC=CCC2)n1. The third-order valence-electron chi connectivity index (χ3n) is 2.08. The molecule has 2 heterocycles. The molecule has 0 aliphatic carbocycles. The fourth-order valence-electron chi connectivity index (χ4n) is 1.35. The van der Waals surface area contributed by atoms with Gasteiger partial charge in [0.25, 0.3) is 0 Å². The highest BCUT2D eigenvalue weighted by Gasteiger charge is 2.10. The van der Waals surface area contributed by atoms with Gasteiger partial charge in [-0.15, -0.1) is 11.3 Å². The highest BCUT2D eigenvalue weighted by Crippen LogP contribution is 2.21. The maximum atomic E-state index is 5.50. The normalized spacial score (nSPS) is 16.5. The lowest BCUT2D eigenvalue weighted by Gasteiger charge is -2.22. The summed E-state index contributed by atoms with van der Waals surface area (Å²) < 4.78 is 0. The van der Waals surface area contributed by atoms with Crippen LogP contribution in [0.1, 0.15) is 12.1 Å². The van der Waals surface area contributed by atoms with E-state index in [1.165, 1.54) is 0 Å². The van der Waals surface area contributed by atoms with Crippen LogP contribution in [0.2, 0.25) is 0 Å². The highest BCUT2D eigenvalue weighted by atomic mass is 32.1. The van der Waals surface area contributed by atoms with Crippen LogP contribution in [-0.2, 0) is 6.54 Å². The molecular weight excluding hydrogens is 182 g/mol. The van der Waals surface area contributed by atoms with Gasteiger partial charge in [-0.25, -0.2) is 4.98 Å². The van der Waals surface area contributed by atoms with Gasteiger partial charge >= 0.3 is 0 Å². The number of nitrogens with two attached hydrogens (primary N) is 1. The van der Waals surface area contributed by atoms with E-state index in [2.05, 4.69) is 22.0 Å². The molecule has 0 amide bonds. The summed E-state index contributed by atoms with van der Waals surface area (Å²) in [6.45, 7) is 2.60. The van der Waals surface area contributed by atoms with Crippen molar-refractivity contribution in [1.82, 2.24) is 4.98 Å². The first-order valence-electron chi connectivity index (χ1n) is 4.44. The lowest BCUT2D eigenvalue weighted by molar-refractivity contribution is 0.812. The first-order valence-corrected chi connectivity index (χ1v) is 5.32. The van der Waals surface area contributed by atoms with Crippen molar-refractivity contribution in [3.63, 3.8) is 0 Å². The summed E-state index contributed by atoms with van der Waals surface area (Å²) in [5, 5.41) is 3.14. The largest absolute Gasteiger partial charge is 0.344 e. The number of nitrogens with zero attached hydrogens (tertiary/aromatic N) is 2. The standard InChI is InChI=1S/C9H13N3S/c10-6-8-7-13-9(11-8)12-4-2-1-3-5-12/h1-2,7H,3-6,10H2. The van der Waals surface area contributed by atoms with E-state index in [4.69, 9.17) is 5.73 Å². The lowest BCUT2D eigenvalue weighted by atomic mass is 10.3. The number of rotatable bonds is 2. The van der Waals surface area contributed by atoms with E-state index in [0.29, 0.717) is 6.54 Å². The molecule has 13 heavy (non-hydrogen) atoms. The summed E-state index contributed by atoms with van der Waals surface area (Å²) in [7, 11) is 0. The first-order chi connectivity index (χ1) is 6.40. The molecule has 0 unspecified atom stereocenters. The van der Waals surface area contributed by atoms with E-state index >= 15 is 0 Å². The third kappa shape index (κ3) is 1.89. The van der Waals surface area contributed by atoms with Crippen molar-refractivity contribution < 1.29 is 0 Å². The molecule has 70 valence electrons. The molecule has 0 fully saturated rings. The molecule has 1 aromatic heterocycles. The number of hydrogen-bond donors (Lipinski definition) is 1. The van der Waals surface area contributed by atoms with E-state index in [0.717, 1.165) is 30.3 Å². The smallest absolute Gasteiger partial charge is 0.185 e. The molecule has 2 N–H and O–H groups in total. The molecule has 0 bridgehead atoms. The second-order valence-corrected chi connectivity index (χ2v) is 3.87. The number of aromatic nitrogens is 1. The summed E-state index contributed by atoms with van der Waals surface area (Å²) in [6, 6.07) is 0. The van der Waals surface area contributed by atoms with Gasteiger partial charge in [-0.1, -0.05) is 12.2 Å². The Morgan fingerprint density at radius 2 is 2.46 bits per heavy atom. The van der Waals surface area contributed by atoms with E-state index in [1.54, 1.807) is 11.3 Å². The van der Waals surface area contributed by atoms with Crippen LogP contribution in [0.4, 0.5) is 5.13 Å². The maximum Gasteiger partial charge on any atom is 0.185 e. The molecule has 2 rings (SSSR count). The van der Waals surface area contributed by atoms with Gasteiger partial charge in [-0.2, -0.15) is 0 Å². The summed E-state index contributed by atoms with van der Waals surface area (Å²) in [5.41, 5.74) is 6.50. The Bertz CT molecular complexity index is 306. The molecular formula is C9H13N3S. The molecule has 1 aromatic rings. The van der Waals surface area contributed by atoms with Crippen LogP contribution in [0.5, 0.6) is 0 Å². The fourth-order valence-corrected chi connectivity index (χ4v) is 2.23. The molecule has 0 saturated carbocycles. The second-order valence-electron chi connectivity index (χ2n) is 3.03. The minimum absolute atomic E-state index is 0.542. The Balaban J connectivity index is 2.10. The number of hydrogen-bond acceptors (Lipinski definition) is 4. The van der Waals surface area contributed by atoms with Gasteiger partial charge in [0.15, 0.2) is 5.13 Å². The van der Waals surface area contributed by atoms with Gasteiger partial charge in [0.2, 0.25) is 0 Å². The van der Waals surface area contributed by atoms with Crippen LogP contribution in [0.25, 0.3) is 0 Å². The predicted molar refractivity (Wildman–Crippen MR) is 56.0 cm³/mol. The molecule has 3 nitrogen and oxygen atoms in total. The van der Waals surface area contributed by atoms with Crippen molar-refractivity contribution in [2.45, 2.75) is 13.0 Å². The van der Waals surface area contributed by atoms with Crippen molar-refractivity contribution in [2.75, 3.05) is 18.0 Å². The molecule has 1 aliphatic rings. The molecule has 4 heteroatoms. The summed E-state index contributed by atoms with van der Waals surface area (Å²) >= 11 is 1.68. The van der Waals surface area contributed by atoms with Crippen LogP contribution in [0, 0.1) is 0 Å². The minimum atomic E-state index is 0.542. The van der Waals surface area contributed by atoms with E-state index in [-0.39, 0.29) is 0 Å². The molecule has 0 saturated heterocycles. The van der Waals surface area contributed by atoms with E-state index in [9.17, 15) is 0 Å². The monoisotopic (exact) mass is 195 g/mol.